The van der Waals surface area contributed by atoms with Crippen LogP contribution in [0.4, 0.5) is 0 Å². The molecular weight excluding hydrogens is 328 g/mol. The number of esters is 4. The van der Waals surface area contributed by atoms with Crippen molar-refractivity contribution in [2.45, 2.75) is 13.8 Å². The van der Waals surface area contributed by atoms with Crippen LogP contribution in [-0.2, 0) is 33.4 Å². The van der Waals surface area contributed by atoms with Gasteiger partial charge in [-0.1, -0.05) is 12.2 Å². The molecule has 25 heavy (non-hydrogen) atoms. The quantitative estimate of drug-likeness (QED) is 0.321. The summed E-state index contributed by atoms with van der Waals surface area (Å²) in [5, 5.41) is 0. The molecule has 132 valence electrons. The Labute approximate surface area is 144 Å². The Morgan fingerprint density at radius 1 is 0.840 bits per heavy atom. The zero-order valence-corrected chi connectivity index (χ0v) is 13.9. The first-order valence-corrected chi connectivity index (χ1v) is 8.32. The summed E-state index contributed by atoms with van der Waals surface area (Å²) in [6.07, 6.45) is 3.95. The van der Waals surface area contributed by atoms with Crippen LogP contribution in [0.2, 0.25) is 0 Å². The molecule has 5 aliphatic rings. The molecule has 1 aliphatic heterocycles. The van der Waals surface area contributed by atoms with Gasteiger partial charge in [0.1, 0.15) is 13.2 Å². The van der Waals surface area contributed by atoms with Crippen LogP contribution in [0.5, 0.6) is 0 Å². The van der Waals surface area contributed by atoms with E-state index in [1.165, 1.54) is 13.8 Å². The first-order chi connectivity index (χ1) is 11.9. The van der Waals surface area contributed by atoms with Gasteiger partial charge in [-0.25, -0.2) is 0 Å². The highest BCUT2D eigenvalue weighted by atomic mass is 16.6. The van der Waals surface area contributed by atoms with Crippen LogP contribution in [-0.4, -0.2) is 37.1 Å². The van der Waals surface area contributed by atoms with Crippen LogP contribution >= 0.6 is 0 Å². The van der Waals surface area contributed by atoms with Gasteiger partial charge in [0, 0.05) is 13.8 Å². The zero-order valence-electron chi connectivity index (χ0n) is 13.9. The second-order valence-electron chi connectivity index (χ2n) is 6.99. The molecule has 0 amide bonds. The lowest BCUT2D eigenvalue weighted by Gasteiger charge is -2.56. The standard InChI is InChI=1S/C18H18O7/c1-7(19)23-5-11-12(6-24-8(2)20)14-10-4-3-9(13(11)14)15-16(10)18(22)25-17(15)21/h3-4,9-10,13-16H,5-6H2,1-2H3/t9-,10-,13-,14+,15+,16-/m1/s1. The Hall–Kier alpha value is -2.44. The summed E-state index contributed by atoms with van der Waals surface area (Å²) in [5.74, 6) is -2.92. The number of carbonyl (C=O) groups is 4. The van der Waals surface area contributed by atoms with Crippen LogP contribution in [0.15, 0.2) is 23.3 Å². The largest absolute Gasteiger partial charge is 0.461 e. The predicted octanol–water partition coefficient (Wildman–Crippen LogP) is 0.787. The molecule has 1 saturated heterocycles. The van der Waals surface area contributed by atoms with Crippen molar-refractivity contribution in [3.63, 3.8) is 0 Å². The smallest absolute Gasteiger partial charge is 0.318 e. The second kappa shape index (κ2) is 5.54. The van der Waals surface area contributed by atoms with Crippen molar-refractivity contribution in [3.8, 4) is 0 Å². The molecule has 0 spiro atoms. The molecule has 6 atom stereocenters. The Kier molecular flexibility index (Phi) is 3.56. The van der Waals surface area contributed by atoms with Crippen LogP contribution < -0.4 is 0 Å². The molecule has 2 fully saturated rings. The number of ether oxygens (including phenoxy) is 3. The first kappa shape index (κ1) is 16.1. The fourth-order valence-electron chi connectivity index (χ4n) is 4.95. The third-order valence-electron chi connectivity index (χ3n) is 5.81. The van der Waals surface area contributed by atoms with Gasteiger partial charge in [-0.3, -0.25) is 19.2 Å². The number of hydrogen-bond donors (Lipinski definition) is 0. The lowest BCUT2D eigenvalue weighted by atomic mass is 9.45. The Balaban J connectivity index is 1.67. The maximum absolute atomic E-state index is 12.1. The zero-order chi connectivity index (χ0) is 17.9. The van der Waals surface area contributed by atoms with Crippen molar-refractivity contribution in [2.24, 2.45) is 35.5 Å². The molecule has 0 radical (unpaired) electrons. The van der Waals surface area contributed by atoms with Crippen molar-refractivity contribution in [1.29, 1.82) is 0 Å². The molecule has 0 aromatic carbocycles. The molecule has 2 bridgehead atoms. The molecule has 1 saturated carbocycles. The maximum Gasteiger partial charge on any atom is 0.318 e. The number of allylic oxidation sites excluding steroid dienone is 2. The average Bonchev–Trinajstić information content (AvgIpc) is 2.83. The monoisotopic (exact) mass is 346 g/mol. The van der Waals surface area contributed by atoms with E-state index in [-0.39, 0.29) is 36.9 Å². The minimum Gasteiger partial charge on any atom is -0.461 e. The highest BCUT2D eigenvalue weighted by Crippen LogP contribution is 2.63. The minimum absolute atomic E-state index is 0.0135. The van der Waals surface area contributed by atoms with Gasteiger partial charge in [-0.05, 0) is 34.8 Å². The van der Waals surface area contributed by atoms with Crippen molar-refractivity contribution in [3.05, 3.63) is 23.3 Å². The number of hydrogen-bond acceptors (Lipinski definition) is 7. The highest BCUT2D eigenvalue weighted by Gasteiger charge is 2.65. The Morgan fingerprint density at radius 3 is 1.60 bits per heavy atom. The van der Waals surface area contributed by atoms with E-state index in [9.17, 15) is 19.2 Å². The maximum atomic E-state index is 12.1. The summed E-state index contributed by atoms with van der Waals surface area (Å²) >= 11 is 0. The van der Waals surface area contributed by atoms with E-state index in [0.29, 0.717) is 0 Å². The van der Waals surface area contributed by atoms with Crippen molar-refractivity contribution < 1.29 is 33.4 Å². The molecule has 4 aliphatic carbocycles. The van der Waals surface area contributed by atoms with Crippen molar-refractivity contribution in [1.82, 2.24) is 0 Å². The molecule has 1 heterocycles. The number of cyclic esters (lactones) is 2. The molecule has 7 heteroatoms. The summed E-state index contributed by atoms with van der Waals surface area (Å²) in [6, 6.07) is 0. The van der Waals surface area contributed by atoms with Gasteiger partial charge in [-0.15, -0.1) is 0 Å². The van der Waals surface area contributed by atoms with E-state index in [2.05, 4.69) is 0 Å². The van der Waals surface area contributed by atoms with E-state index in [1.54, 1.807) is 0 Å². The van der Waals surface area contributed by atoms with Gasteiger partial charge in [0.15, 0.2) is 0 Å². The summed E-state index contributed by atoms with van der Waals surface area (Å²) in [6.45, 7) is 2.89. The summed E-state index contributed by atoms with van der Waals surface area (Å²) in [4.78, 5) is 46.6. The van der Waals surface area contributed by atoms with Gasteiger partial charge in [0.2, 0.25) is 0 Å². The normalized spacial score (nSPS) is 37.2. The van der Waals surface area contributed by atoms with Crippen LogP contribution in [0.3, 0.4) is 0 Å². The predicted molar refractivity (Wildman–Crippen MR) is 81.5 cm³/mol. The number of rotatable bonds is 4. The van der Waals surface area contributed by atoms with E-state index < -0.39 is 35.7 Å². The summed E-state index contributed by atoms with van der Waals surface area (Å²) < 4.78 is 15.2. The average molecular weight is 346 g/mol. The lowest BCUT2D eigenvalue weighted by molar-refractivity contribution is -0.154. The van der Waals surface area contributed by atoms with Gasteiger partial charge in [0.25, 0.3) is 0 Å². The van der Waals surface area contributed by atoms with Gasteiger partial charge >= 0.3 is 23.9 Å². The van der Waals surface area contributed by atoms with Crippen LogP contribution in [0, 0.1) is 35.5 Å². The Bertz CT molecular complexity index is 687. The Morgan fingerprint density at radius 2 is 1.24 bits per heavy atom. The molecular formula is C18H18O7. The molecule has 0 unspecified atom stereocenters. The second-order valence-corrected chi connectivity index (χ2v) is 6.99. The van der Waals surface area contributed by atoms with Crippen molar-refractivity contribution >= 4 is 23.9 Å². The molecule has 0 aromatic heterocycles. The van der Waals surface area contributed by atoms with Crippen LogP contribution in [0.25, 0.3) is 0 Å². The molecule has 7 nitrogen and oxygen atoms in total. The first-order valence-electron chi connectivity index (χ1n) is 8.32. The lowest BCUT2D eigenvalue weighted by Crippen LogP contribution is -2.56. The third-order valence-corrected chi connectivity index (χ3v) is 5.81. The van der Waals surface area contributed by atoms with E-state index >= 15 is 0 Å². The summed E-state index contributed by atoms with van der Waals surface area (Å²) in [7, 11) is 0. The molecule has 5 rings (SSSR count). The van der Waals surface area contributed by atoms with E-state index in [0.717, 1.165) is 11.1 Å². The highest BCUT2D eigenvalue weighted by molar-refractivity contribution is 5.98. The van der Waals surface area contributed by atoms with E-state index in [1.807, 2.05) is 12.2 Å². The minimum atomic E-state index is -0.466. The molecule has 0 N–H and O–H groups in total. The van der Waals surface area contributed by atoms with Gasteiger partial charge in [-0.2, -0.15) is 0 Å². The molecule has 0 aromatic rings. The summed E-state index contributed by atoms with van der Waals surface area (Å²) in [5.41, 5.74) is 1.79. The SMILES string of the molecule is CC(=O)OCC1=C(COC(C)=O)[C@H]2[C@H]3C=C[C@@H]([C@H]4C(=O)OC(=O)[C@@H]34)[C@@H]12. The van der Waals surface area contributed by atoms with Crippen LogP contribution in [0.1, 0.15) is 13.8 Å². The fourth-order valence-corrected chi connectivity index (χ4v) is 4.95. The number of carbonyl (C=O) groups excluding carboxylic acids is 4. The van der Waals surface area contributed by atoms with Gasteiger partial charge in [0.05, 0.1) is 11.8 Å². The van der Waals surface area contributed by atoms with E-state index in [4.69, 9.17) is 14.2 Å². The topological polar surface area (TPSA) is 96.0 Å². The van der Waals surface area contributed by atoms with Crippen molar-refractivity contribution in [2.75, 3.05) is 13.2 Å². The van der Waals surface area contributed by atoms with Gasteiger partial charge < -0.3 is 14.2 Å². The fraction of sp³-hybridized carbons (Fsp3) is 0.556. The third kappa shape index (κ3) is 2.25.